The van der Waals surface area contributed by atoms with E-state index in [0.717, 1.165) is 0 Å². The summed E-state index contributed by atoms with van der Waals surface area (Å²) in [6, 6.07) is 3.17. The van der Waals surface area contributed by atoms with Gasteiger partial charge in [-0.3, -0.25) is 9.59 Å². The van der Waals surface area contributed by atoms with Gasteiger partial charge in [-0.25, -0.2) is 0 Å². The van der Waals surface area contributed by atoms with Crippen LogP contribution in [0.25, 0.3) is 0 Å². The van der Waals surface area contributed by atoms with E-state index in [9.17, 15) is 9.59 Å². The van der Waals surface area contributed by atoms with E-state index in [2.05, 4.69) is 15.5 Å². The highest BCUT2D eigenvalue weighted by Crippen LogP contribution is 2.21. The number of aromatic nitrogens is 2. The van der Waals surface area contributed by atoms with Gasteiger partial charge in [-0.05, 0) is 25.5 Å². The van der Waals surface area contributed by atoms with Crippen molar-refractivity contribution in [3.63, 3.8) is 0 Å². The Labute approximate surface area is 118 Å². The number of carbonyl (C=O) groups is 2. The third-order valence-electron chi connectivity index (χ3n) is 3.25. The topological polar surface area (TPSA) is 95.4 Å². The molecule has 0 spiro atoms. The van der Waals surface area contributed by atoms with Crippen molar-refractivity contribution < 1.29 is 14.7 Å². The molecule has 1 unspecified atom stereocenters. The van der Waals surface area contributed by atoms with Crippen LogP contribution in [0, 0.1) is 5.41 Å². The second-order valence-electron chi connectivity index (χ2n) is 5.08. The summed E-state index contributed by atoms with van der Waals surface area (Å²) in [5.74, 6) is -0.644. The fourth-order valence-electron chi connectivity index (χ4n) is 1.41. The predicted octanol–water partition coefficient (Wildman–Crippen LogP) is 1.09. The second-order valence-corrected chi connectivity index (χ2v) is 5.08. The summed E-state index contributed by atoms with van der Waals surface area (Å²) in [4.78, 5) is 24.2. The van der Waals surface area contributed by atoms with Crippen molar-refractivity contribution in [2.24, 2.45) is 5.41 Å². The van der Waals surface area contributed by atoms with Gasteiger partial charge >= 0.3 is 5.97 Å². The Kier molecular flexibility index (Phi) is 5.01. The Morgan fingerprint density at radius 1 is 1.35 bits per heavy atom. The maximum Gasteiger partial charge on any atom is 0.311 e. The Hall–Kier alpha value is -2.18. The van der Waals surface area contributed by atoms with E-state index >= 15 is 0 Å². The van der Waals surface area contributed by atoms with Crippen molar-refractivity contribution in [1.82, 2.24) is 15.1 Å². The van der Waals surface area contributed by atoms with Gasteiger partial charge in [0.1, 0.15) is 5.82 Å². The van der Waals surface area contributed by atoms with Gasteiger partial charge in [0, 0.05) is 20.6 Å². The van der Waals surface area contributed by atoms with Crippen LogP contribution >= 0.6 is 0 Å². The summed E-state index contributed by atoms with van der Waals surface area (Å²) in [5.41, 5.74) is -0.614. The van der Waals surface area contributed by atoms with E-state index in [4.69, 9.17) is 5.11 Å². The molecule has 1 amide bonds. The van der Waals surface area contributed by atoms with Crippen molar-refractivity contribution in [3.05, 3.63) is 17.8 Å². The van der Waals surface area contributed by atoms with E-state index in [1.54, 1.807) is 33.2 Å². The number of nitrogens with zero attached hydrogens (tertiary/aromatic N) is 3. The molecule has 0 aliphatic carbocycles. The SMILES string of the molecule is CCC(C)(CNc1ccc(C(=O)N(C)C)nn1)C(=O)O. The van der Waals surface area contributed by atoms with Crippen molar-refractivity contribution in [2.75, 3.05) is 26.0 Å². The quantitative estimate of drug-likeness (QED) is 0.810. The van der Waals surface area contributed by atoms with Crippen LogP contribution in [0.5, 0.6) is 0 Å². The molecule has 0 aliphatic heterocycles. The molecule has 2 N–H and O–H groups in total. The van der Waals surface area contributed by atoms with Gasteiger partial charge in [0.25, 0.3) is 5.91 Å². The fourth-order valence-corrected chi connectivity index (χ4v) is 1.41. The number of carboxylic acids is 1. The van der Waals surface area contributed by atoms with Gasteiger partial charge in [0.15, 0.2) is 5.69 Å². The summed E-state index contributed by atoms with van der Waals surface area (Å²) in [7, 11) is 3.27. The van der Waals surface area contributed by atoms with Crippen molar-refractivity contribution >= 4 is 17.7 Å². The minimum atomic E-state index is -0.861. The van der Waals surface area contributed by atoms with Crippen LogP contribution in [0.2, 0.25) is 0 Å². The first-order valence-electron chi connectivity index (χ1n) is 6.33. The molecule has 7 nitrogen and oxygen atoms in total. The van der Waals surface area contributed by atoms with Crippen LogP contribution in [-0.2, 0) is 4.79 Å². The Morgan fingerprint density at radius 3 is 2.40 bits per heavy atom. The molecule has 1 aromatic rings. The van der Waals surface area contributed by atoms with Gasteiger partial charge in [-0.15, -0.1) is 10.2 Å². The number of hydrogen-bond donors (Lipinski definition) is 2. The van der Waals surface area contributed by atoms with Crippen LogP contribution < -0.4 is 5.32 Å². The third kappa shape index (κ3) is 3.66. The monoisotopic (exact) mass is 280 g/mol. The Bertz CT molecular complexity index is 487. The van der Waals surface area contributed by atoms with Gasteiger partial charge in [-0.1, -0.05) is 6.92 Å². The summed E-state index contributed by atoms with van der Waals surface area (Å²) in [6.07, 6.45) is 0.500. The smallest absolute Gasteiger partial charge is 0.311 e. The second kappa shape index (κ2) is 6.31. The molecule has 1 aromatic heterocycles. The van der Waals surface area contributed by atoms with E-state index in [1.165, 1.54) is 4.90 Å². The molecule has 0 saturated heterocycles. The minimum absolute atomic E-state index is 0.229. The van der Waals surface area contributed by atoms with Gasteiger partial charge < -0.3 is 15.3 Å². The van der Waals surface area contributed by atoms with E-state index < -0.39 is 11.4 Å². The molecule has 0 aromatic carbocycles. The number of carbonyl (C=O) groups excluding carboxylic acids is 1. The molecule has 1 heterocycles. The number of aliphatic carboxylic acids is 1. The van der Waals surface area contributed by atoms with E-state index in [1.807, 2.05) is 6.92 Å². The first kappa shape index (κ1) is 15.9. The molecule has 0 radical (unpaired) electrons. The van der Waals surface area contributed by atoms with Crippen LogP contribution in [-0.4, -0.2) is 52.7 Å². The fraction of sp³-hybridized carbons (Fsp3) is 0.538. The lowest BCUT2D eigenvalue weighted by Gasteiger charge is -2.23. The lowest BCUT2D eigenvalue weighted by Crippen LogP contribution is -2.34. The average Bonchev–Trinajstić information content (AvgIpc) is 2.44. The van der Waals surface area contributed by atoms with Crippen LogP contribution in [0.15, 0.2) is 12.1 Å². The summed E-state index contributed by atoms with van der Waals surface area (Å²) < 4.78 is 0. The molecule has 7 heteroatoms. The molecule has 1 atom stereocenters. The molecule has 0 aliphatic rings. The normalized spacial score (nSPS) is 13.4. The number of amides is 1. The third-order valence-corrected chi connectivity index (χ3v) is 3.25. The first-order chi connectivity index (χ1) is 9.30. The zero-order valence-electron chi connectivity index (χ0n) is 12.2. The van der Waals surface area contributed by atoms with Crippen molar-refractivity contribution in [3.8, 4) is 0 Å². The minimum Gasteiger partial charge on any atom is -0.481 e. The predicted molar refractivity (Wildman–Crippen MR) is 74.6 cm³/mol. The molecule has 20 heavy (non-hydrogen) atoms. The maximum atomic E-state index is 11.6. The number of nitrogens with one attached hydrogen (secondary N) is 1. The lowest BCUT2D eigenvalue weighted by atomic mass is 9.88. The number of anilines is 1. The lowest BCUT2D eigenvalue weighted by molar-refractivity contribution is -0.147. The highest BCUT2D eigenvalue weighted by molar-refractivity contribution is 5.91. The van der Waals surface area contributed by atoms with Gasteiger partial charge in [0.05, 0.1) is 5.41 Å². The Morgan fingerprint density at radius 2 is 2.00 bits per heavy atom. The number of hydrogen-bond acceptors (Lipinski definition) is 5. The molecule has 0 bridgehead atoms. The van der Waals surface area contributed by atoms with E-state index in [0.29, 0.717) is 12.2 Å². The highest BCUT2D eigenvalue weighted by Gasteiger charge is 2.30. The molecule has 0 fully saturated rings. The Balaban J connectivity index is 2.71. The largest absolute Gasteiger partial charge is 0.481 e. The van der Waals surface area contributed by atoms with E-state index in [-0.39, 0.29) is 18.1 Å². The summed E-state index contributed by atoms with van der Waals surface area (Å²) in [6.45, 7) is 3.73. The van der Waals surface area contributed by atoms with Gasteiger partial charge in [0.2, 0.25) is 0 Å². The van der Waals surface area contributed by atoms with Crippen LogP contribution in [0.1, 0.15) is 30.8 Å². The van der Waals surface area contributed by atoms with Crippen LogP contribution in [0.4, 0.5) is 5.82 Å². The average molecular weight is 280 g/mol. The number of carboxylic acid groups (broad SMARTS) is 1. The molecular weight excluding hydrogens is 260 g/mol. The summed E-state index contributed by atoms with van der Waals surface area (Å²) >= 11 is 0. The standard InChI is InChI=1S/C13H20N4O3/c1-5-13(2,12(19)20)8-14-10-7-6-9(15-16-10)11(18)17(3)4/h6-7H,5,8H2,1-4H3,(H,14,16)(H,19,20). The van der Waals surface area contributed by atoms with Crippen LogP contribution in [0.3, 0.4) is 0 Å². The molecule has 0 saturated carbocycles. The molecular formula is C13H20N4O3. The molecule has 1 rings (SSSR count). The zero-order chi connectivity index (χ0) is 15.3. The van der Waals surface area contributed by atoms with Crippen molar-refractivity contribution in [2.45, 2.75) is 20.3 Å². The maximum absolute atomic E-state index is 11.6. The van der Waals surface area contributed by atoms with Crippen molar-refractivity contribution in [1.29, 1.82) is 0 Å². The number of rotatable bonds is 6. The first-order valence-corrected chi connectivity index (χ1v) is 6.33. The highest BCUT2D eigenvalue weighted by atomic mass is 16.4. The molecule has 110 valence electrons. The summed E-state index contributed by atoms with van der Waals surface area (Å²) in [5, 5.41) is 19.8. The zero-order valence-corrected chi connectivity index (χ0v) is 12.2. The van der Waals surface area contributed by atoms with Gasteiger partial charge in [-0.2, -0.15) is 0 Å².